The van der Waals surface area contributed by atoms with Crippen LogP contribution >= 0.6 is 0 Å². The Hall–Kier alpha value is -1.84. The Morgan fingerprint density at radius 3 is 2.27 bits per heavy atom. The van der Waals surface area contributed by atoms with Crippen LogP contribution in [-0.2, 0) is 4.79 Å². The molecule has 0 aromatic heterocycles. The number of amides is 1. The summed E-state index contributed by atoms with van der Waals surface area (Å²) in [4.78, 5) is 10.7. The van der Waals surface area contributed by atoms with E-state index >= 15 is 0 Å². The third kappa shape index (κ3) is 3.42. The van der Waals surface area contributed by atoms with Crippen molar-refractivity contribution in [3.63, 3.8) is 0 Å². The molecule has 0 radical (unpaired) electrons. The molecule has 0 atom stereocenters. The van der Waals surface area contributed by atoms with Crippen molar-refractivity contribution in [1.82, 2.24) is 5.43 Å². The summed E-state index contributed by atoms with van der Waals surface area (Å²) in [5.74, 6) is -0.166. The molecular weight excluding hydrogens is 190 g/mol. The molecular formula is C11H15N3O. The predicted octanol–water partition coefficient (Wildman–Crippen LogP) is 1.59. The first-order valence-corrected chi connectivity index (χ1v) is 4.72. The third-order valence-corrected chi connectivity index (χ3v) is 1.97. The Balaban J connectivity index is 2.77. The van der Waals surface area contributed by atoms with E-state index < -0.39 is 0 Å². The number of rotatable bonds is 3. The van der Waals surface area contributed by atoms with Gasteiger partial charge in [0, 0.05) is 19.7 Å². The Bertz CT molecular complexity index is 368. The van der Waals surface area contributed by atoms with Crippen molar-refractivity contribution in [2.24, 2.45) is 5.10 Å². The SMILES string of the molecule is CNc1ccc(/C(C)=N/NC(C)=O)cc1. The van der Waals surface area contributed by atoms with Gasteiger partial charge in [-0.25, -0.2) is 5.43 Å². The smallest absolute Gasteiger partial charge is 0.236 e. The van der Waals surface area contributed by atoms with Gasteiger partial charge in [0.2, 0.25) is 5.91 Å². The largest absolute Gasteiger partial charge is 0.388 e. The maximum Gasteiger partial charge on any atom is 0.236 e. The van der Waals surface area contributed by atoms with Crippen LogP contribution in [0.4, 0.5) is 5.69 Å². The summed E-state index contributed by atoms with van der Waals surface area (Å²) < 4.78 is 0. The van der Waals surface area contributed by atoms with E-state index in [1.807, 2.05) is 38.2 Å². The van der Waals surface area contributed by atoms with Crippen LogP contribution in [0.3, 0.4) is 0 Å². The lowest BCUT2D eigenvalue weighted by Crippen LogP contribution is -2.14. The summed E-state index contributed by atoms with van der Waals surface area (Å²) in [7, 11) is 1.87. The average Bonchev–Trinajstić information content (AvgIpc) is 2.26. The number of hydrogen-bond acceptors (Lipinski definition) is 3. The van der Waals surface area contributed by atoms with E-state index in [4.69, 9.17) is 0 Å². The van der Waals surface area contributed by atoms with Gasteiger partial charge in [0.15, 0.2) is 0 Å². The zero-order valence-corrected chi connectivity index (χ0v) is 9.16. The van der Waals surface area contributed by atoms with Gasteiger partial charge in [-0.15, -0.1) is 0 Å². The molecule has 0 aliphatic heterocycles. The zero-order chi connectivity index (χ0) is 11.3. The van der Waals surface area contributed by atoms with Gasteiger partial charge in [0.1, 0.15) is 0 Å². The van der Waals surface area contributed by atoms with Gasteiger partial charge in [0.05, 0.1) is 5.71 Å². The monoisotopic (exact) mass is 205 g/mol. The molecule has 1 aromatic carbocycles. The molecule has 1 amide bonds. The number of benzene rings is 1. The van der Waals surface area contributed by atoms with Crippen LogP contribution in [0.2, 0.25) is 0 Å². The minimum atomic E-state index is -0.166. The number of carbonyl (C=O) groups is 1. The highest BCUT2D eigenvalue weighted by atomic mass is 16.2. The lowest BCUT2D eigenvalue weighted by atomic mass is 10.1. The Morgan fingerprint density at radius 2 is 1.80 bits per heavy atom. The summed E-state index contributed by atoms with van der Waals surface area (Å²) in [5.41, 5.74) is 5.23. The van der Waals surface area contributed by atoms with Crippen LogP contribution in [0.15, 0.2) is 29.4 Å². The molecule has 1 aromatic rings. The highest BCUT2D eigenvalue weighted by Gasteiger charge is 1.97. The summed E-state index contributed by atoms with van der Waals surface area (Å²) in [6, 6.07) is 7.82. The number of nitrogens with zero attached hydrogens (tertiary/aromatic N) is 1. The lowest BCUT2D eigenvalue weighted by molar-refractivity contribution is -0.118. The number of hydrazone groups is 1. The molecule has 4 nitrogen and oxygen atoms in total. The molecule has 4 heteroatoms. The van der Waals surface area contributed by atoms with Crippen molar-refractivity contribution in [1.29, 1.82) is 0 Å². The normalized spacial score (nSPS) is 11.0. The molecule has 0 fully saturated rings. The van der Waals surface area contributed by atoms with Crippen LogP contribution in [0.1, 0.15) is 19.4 Å². The molecule has 15 heavy (non-hydrogen) atoms. The highest BCUT2D eigenvalue weighted by Crippen LogP contribution is 2.09. The molecule has 2 N–H and O–H groups in total. The fraction of sp³-hybridized carbons (Fsp3) is 0.273. The van der Waals surface area contributed by atoms with Crippen LogP contribution < -0.4 is 10.7 Å². The van der Waals surface area contributed by atoms with Gasteiger partial charge in [-0.1, -0.05) is 12.1 Å². The number of carbonyl (C=O) groups excluding carboxylic acids is 1. The quantitative estimate of drug-likeness (QED) is 0.581. The molecule has 0 unspecified atom stereocenters. The van der Waals surface area contributed by atoms with Gasteiger partial charge in [-0.3, -0.25) is 4.79 Å². The van der Waals surface area contributed by atoms with Crippen molar-refractivity contribution >= 4 is 17.3 Å². The second-order valence-electron chi connectivity index (χ2n) is 3.19. The van der Waals surface area contributed by atoms with E-state index in [0.29, 0.717) is 0 Å². The fourth-order valence-electron chi connectivity index (χ4n) is 1.11. The number of hydrogen-bond donors (Lipinski definition) is 2. The maximum absolute atomic E-state index is 10.7. The van der Waals surface area contributed by atoms with E-state index in [-0.39, 0.29) is 5.91 Å². The fourth-order valence-corrected chi connectivity index (χ4v) is 1.11. The maximum atomic E-state index is 10.7. The van der Waals surface area contributed by atoms with Gasteiger partial charge in [0.25, 0.3) is 0 Å². The van der Waals surface area contributed by atoms with Crippen molar-refractivity contribution in [2.45, 2.75) is 13.8 Å². The second kappa shape index (κ2) is 5.14. The first-order valence-electron chi connectivity index (χ1n) is 4.72. The molecule has 1 rings (SSSR count). The average molecular weight is 205 g/mol. The summed E-state index contributed by atoms with van der Waals surface area (Å²) >= 11 is 0. The van der Waals surface area contributed by atoms with Crippen LogP contribution in [0.25, 0.3) is 0 Å². The molecule has 0 saturated heterocycles. The van der Waals surface area contributed by atoms with Gasteiger partial charge < -0.3 is 5.32 Å². The standard InChI is InChI=1S/C11H15N3O/c1-8(13-14-9(2)15)10-4-6-11(12-3)7-5-10/h4-7,12H,1-3H3,(H,14,15)/b13-8+. The van der Waals surface area contributed by atoms with Crippen molar-refractivity contribution in [3.8, 4) is 0 Å². The topological polar surface area (TPSA) is 53.5 Å². The minimum Gasteiger partial charge on any atom is -0.388 e. The molecule has 0 aliphatic carbocycles. The van der Waals surface area contributed by atoms with Gasteiger partial charge in [-0.2, -0.15) is 5.10 Å². The van der Waals surface area contributed by atoms with E-state index in [1.165, 1.54) is 6.92 Å². The molecule has 0 heterocycles. The van der Waals surface area contributed by atoms with Crippen molar-refractivity contribution in [2.75, 3.05) is 12.4 Å². The number of anilines is 1. The Morgan fingerprint density at radius 1 is 1.20 bits per heavy atom. The predicted molar refractivity (Wildman–Crippen MR) is 62.0 cm³/mol. The molecule has 0 aliphatic rings. The number of nitrogens with one attached hydrogen (secondary N) is 2. The Kier molecular flexibility index (Phi) is 3.85. The van der Waals surface area contributed by atoms with E-state index in [1.54, 1.807) is 0 Å². The third-order valence-electron chi connectivity index (χ3n) is 1.97. The van der Waals surface area contributed by atoms with Crippen molar-refractivity contribution < 1.29 is 4.79 Å². The zero-order valence-electron chi connectivity index (χ0n) is 9.16. The highest BCUT2D eigenvalue weighted by molar-refractivity contribution is 5.99. The van der Waals surface area contributed by atoms with E-state index in [2.05, 4.69) is 15.8 Å². The van der Waals surface area contributed by atoms with Crippen LogP contribution in [-0.4, -0.2) is 18.7 Å². The molecule has 0 spiro atoms. The lowest BCUT2D eigenvalue weighted by Gasteiger charge is -2.03. The van der Waals surface area contributed by atoms with Gasteiger partial charge in [-0.05, 0) is 24.6 Å². The first-order chi connectivity index (χ1) is 7.13. The van der Waals surface area contributed by atoms with Gasteiger partial charge >= 0.3 is 0 Å². The summed E-state index contributed by atoms with van der Waals surface area (Å²) in [5, 5.41) is 6.98. The second-order valence-corrected chi connectivity index (χ2v) is 3.19. The van der Waals surface area contributed by atoms with Crippen LogP contribution in [0.5, 0.6) is 0 Å². The first kappa shape index (κ1) is 11.2. The summed E-state index contributed by atoms with van der Waals surface area (Å²) in [6.45, 7) is 3.28. The summed E-state index contributed by atoms with van der Waals surface area (Å²) in [6.07, 6.45) is 0. The van der Waals surface area contributed by atoms with Crippen molar-refractivity contribution in [3.05, 3.63) is 29.8 Å². The van der Waals surface area contributed by atoms with Crippen LogP contribution in [0, 0.1) is 0 Å². The molecule has 0 bridgehead atoms. The minimum absolute atomic E-state index is 0.166. The van der Waals surface area contributed by atoms with E-state index in [9.17, 15) is 4.79 Å². The van der Waals surface area contributed by atoms with E-state index in [0.717, 1.165) is 17.0 Å². The molecule has 80 valence electrons. The molecule has 0 saturated carbocycles. The Labute approximate surface area is 89.4 Å².